The maximum absolute atomic E-state index is 12.1. The first kappa shape index (κ1) is 19.0. The largest absolute Gasteiger partial charge is 0.478 e. The van der Waals surface area contributed by atoms with E-state index in [0.717, 1.165) is 24.2 Å². The molecular formula is C22H26N2O3. The summed E-state index contributed by atoms with van der Waals surface area (Å²) in [5.41, 5.74) is 8.88. The summed E-state index contributed by atoms with van der Waals surface area (Å²) in [6, 6.07) is 14.7. The van der Waals surface area contributed by atoms with E-state index >= 15 is 0 Å². The summed E-state index contributed by atoms with van der Waals surface area (Å²) >= 11 is 0. The van der Waals surface area contributed by atoms with Gasteiger partial charge in [-0.05, 0) is 60.6 Å². The Morgan fingerprint density at radius 2 is 1.48 bits per heavy atom. The zero-order valence-corrected chi connectivity index (χ0v) is 15.6. The van der Waals surface area contributed by atoms with Gasteiger partial charge in [0.05, 0.1) is 11.5 Å². The monoisotopic (exact) mass is 366 g/mol. The normalized spacial score (nSPS) is 16.6. The molecule has 3 rings (SSSR count). The van der Waals surface area contributed by atoms with Crippen LogP contribution < -0.4 is 10.6 Å². The van der Waals surface area contributed by atoms with E-state index in [-0.39, 0.29) is 11.5 Å². The van der Waals surface area contributed by atoms with Gasteiger partial charge in [0.2, 0.25) is 5.91 Å². The van der Waals surface area contributed by atoms with Gasteiger partial charge in [-0.25, -0.2) is 4.79 Å². The molecule has 27 heavy (non-hydrogen) atoms. The van der Waals surface area contributed by atoms with Crippen LogP contribution in [-0.2, 0) is 4.79 Å². The third kappa shape index (κ3) is 4.30. The highest BCUT2D eigenvalue weighted by molar-refractivity contribution is 5.88. The first-order chi connectivity index (χ1) is 13.0. The van der Waals surface area contributed by atoms with Crippen LogP contribution in [0, 0.1) is 0 Å². The van der Waals surface area contributed by atoms with Gasteiger partial charge in [-0.2, -0.15) is 0 Å². The number of amides is 1. The van der Waals surface area contributed by atoms with Crippen LogP contribution in [0.15, 0.2) is 48.5 Å². The first-order valence-corrected chi connectivity index (χ1v) is 9.45. The van der Waals surface area contributed by atoms with E-state index in [9.17, 15) is 9.59 Å². The highest BCUT2D eigenvalue weighted by atomic mass is 16.4. The van der Waals surface area contributed by atoms with Crippen LogP contribution >= 0.6 is 0 Å². The number of piperidine rings is 1. The number of aromatic carboxylic acids is 1. The van der Waals surface area contributed by atoms with Crippen LogP contribution in [0.4, 0.5) is 5.69 Å². The lowest BCUT2D eigenvalue weighted by Crippen LogP contribution is -2.29. The molecule has 1 saturated heterocycles. The van der Waals surface area contributed by atoms with Gasteiger partial charge in [0.25, 0.3) is 0 Å². The molecule has 1 fully saturated rings. The number of rotatable bonds is 6. The third-order valence-corrected chi connectivity index (χ3v) is 5.46. The molecule has 2 aromatic rings. The van der Waals surface area contributed by atoms with E-state index < -0.39 is 17.8 Å². The molecule has 1 amide bonds. The van der Waals surface area contributed by atoms with Gasteiger partial charge in [-0.3, -0.25) is 4.79 Å². The van der Waals surface area contributed by atoms with Crippen LogP contribution in [0.5, 0.6) is 0 Å². The molecule has 1 aliphatic heterocycles. The molecule has 0 saturated carbocycles. The number of carboxylic acids is 1. The Kier molecular flexibility index (Phi) is 5.79. The molecule has 5 heteroatoms. The fourth-order valence-electron chi connectivity index (χ4n) is 3.87. The number of carbonyl (C=O) groups excluding carboxylic acids is 1. The summed E-state index contributed by atoms with van der Waals surface area (Å²) in [6.07, 6.45) is 3.76. The second-order valence-electron chi connectivity index (χ2n) is 7.24. The van der Waals surface area contributed by atoms with E-state index in [0.29, 0.717) is 0 Å². The molecule has 0 aromatic heterocycles. The number of nitrogens with zero attached hydrogens (tertiary/aromatic N) is 1. The van der Waals surface area contributed by atoms with Crippen molar-refractivity contribution in [2.24, 2.45) is 5.73 Å². The first-order valence-electron chi connectivity index (χ1n) is 9.45. The summed E-state index contributed by atoms with van der Waals surface area (Å²) in [4.78, 5) is 25.6. The minimum absolute atomic E-state index is 0.103. The minimum atomic E-state index is -0.987. The van der Waals surface area contributed by atoms with Crippen molar-refractivity contribution in [2.45, 2.75) is 38.0 Å². The summed E-state index contributed by atoms with van der Waals surface area (Å²) in [5.74, 6) is -2.01. The Morgan fingerprint density at radius 1 is 0.926 bits per heavy atom. The van der Waals surface area contributed by atoms with E-state index in [2.05, 4.69) is 29.2 Å². The van der Waals surface area contributed by atoms with Gasteiger partial charge >= 0.3 is 5.97 Å². The maximum atomic E-state index is 12.1. The second-order valence-corrected chi connectivity index (χ2v) is 7.24. The molecule has 0 spiro atoms. The van der Waals surface area contributed by atoms with Crippen molar-refractivity contribution in [1.29, 1.82) is 0 Å². The van der Waals surface area contributed by atoms with Crippen LogP contribution in [0.2, 0.25) is 0 Å². The standard InChI is InChI=1S/C22H26N2O3/c1-15(16-9-11-19(12-10-16)24-13-3-2-4-14-24)20(21(23)25)17-5-7-18(8-6-17)22(26)27/h5-12,15,20H,2-4,13-14H2,1H3,(H2,23,25)(H,26,27). The van der Waals surface area contributed by atoms with Crippen LogP contribution in [0.3, 0.4) is 0 Å². The molecule has 1 heterocycles. The van der Waals surface area contributed by atoms with Crippen molar-refractivity contribution < 1.29 is 14.7 Å². The Bertz CT molecular complexity index is 793. The predicted molar refractivity (Wildman–Crippen MR) is 106 cm³/mol. The van der Waals surface area contributed by atoms with Crippen molar-refractivity contribution in [3.05, 3.63) is 65.2 Å². The number of carbonyl (C=O) groups is 2. The number of carboxylic acid groups (broad SMARTS) is 1. The molecule has 2 atom stereocenters. The molecule has 5 nitrogen and oxygen atoms in total. The molecule has 1 aliphatic rings. The summed E-state index contributed by atoms with van der Waals surface area (Å²) in [6.45, 7) is 4.17. The van der Waals surface area contributed by atoms with Crippen LogP contribution in [0.1, 0.15) is 59.5 Å². The molecule has 0 radical (unpaired) electrons. The van der Waals surface area contributed by atoms with Gasteiger partial charge in [0, 0.05) is 18.8 Å². The number of benzene rings is 2. The van der Waals surface area contributed by atoms with Gasteiger partial charge < -0.3 is 15.7 Å². The average Bonchev–Trinajstić information content (AvgIpc) is 2.69. The maximum Gasteiger partial charge on any atom is 0.335 e. The van der Waals surface area contributed by atoms with Crippen molar-refractivity contribution in [2.75, 3.05) is 18.0 Å². The highest BCUT2D eigenvalue weighted by Crippen LogP contribution is 2.34. The Labute approximate surface area is 159 Å². The average molecular weight is 366 g/mol. The number of hydrogen-bond donors (Lipinski definition) is 2. The predicted octanol–water partition coefficient (Wildman–Crippen LogP) is 3.75. The SMILES string of the molecule is CC(c1ccc(N2CCCCC2)cc1)C(C(N)=O)c1ccc(C(=O)O)cc1. The van der Waals surface area contributed by atoms with Crippen molar-refractivity contribution in [3.63, 3.8) is 0 Å². The number of primary amides is 1. The lowest BCUT2D eigenvalue weighted by molar-refractivity contribution is -0.119. The number of nitrogens with two attached hydrogens (primary N) is 1. The van der Waals surface area contributed by atoms with Gasteiger partial charge in [0.15, 0.2) is 0 Å². The van der Waals surface area contributed by atoms with E-state index in [1.807, 2.05) is 6.92 Å². The van der Waals surface area contributed by atoms with Crippen molar-refractivity contribution >= 4 is 17.6 Å². The fraction of sp³-hybridized carbons (Fsp3) is 0.364. The van der Waals surface area contributed by atoms with Crippen molar-refractivity contribution in [3.8, 4) is 0 Å². The third-order valence-electron chi connectivity index (χ3n) is 5.46. The van der Waals surface area contributed by atoms with E-state index in [1.54, 1.807) is 12.1 Å². The molecule has 3 N–H and O–H groups in total. The Morgan fingerprint density at radius 3 is 2.00 bits per heavy atom. The minimum Gasteiger partial charge on any atom is -0.478 e. The van der Waals surface area contributed by atoms with E-state index in [4.69, 9.17) is 10.8 Å². The van der Waals surface area contributed by atoms with Crippen molar-refractivity contribution in [1.82, 2.24) is 0 Å². The molecule has 2 unspecified atom stereocenters. The summed E-state index contributed by atoms with van der Waals surface area (Å²) in [5, 5.41) is 9.05. The van der Waals surface area contributed by atoms with Gasteiger partial charge in [0.1, 0.15) is 0 Å². The molecule has 142 valence electrons. The van der Waals surface area contributed by atoms with E-state index in [1.165, 1.54) is 37.1 Å². The quantitative estimate of drug-likeness (QED) is 0.815. The topological polar surface area (TPSA) is 83.6 Å². The molecular weight excluding hydrogens is 340 g/mol. The van der Waals surface area contributed by atoms with Gasteiger partial charge in [-0.15, -0.1) is 0 Å². The summed E-state index contributed by atoms with van der Waals surface area (Å²) < 4.78 is 0. The summed E-state index contributed by atoms with van der Waals surface area (Å²) in [7, 11) is 0. The lowest BCUT2D eigenvalue weighted by atomic mass is 9.82. The zero-order chi connectivity index (χ0) is 19.4. The molecule has 0 aliphatic carbocycles. The number of anilines is 1. The molecule has 2 aromatic carbocycles. The van der Waals surface area contributed by atoms with Crippen LogP contribution in [-0.4, -0.2) is 30.1 Å². The van der Waals surface area contributed by atoms with Gasteiger partial charge in [-0.1, -0.05) is 31.2 Å². The Balaban J connectivity index is 1.81. The van der Waals surface area contributed by atoms with Crippen LogP contribution in [0.25, 0.3) is 0 Å². The zero-order valence-electron chi connectivity index (χ0n) is 15.6. The fourth-order valence-corrected chi connectivity index (χ4v) is 3.87. The number of hydrogen-bond acceptors (Lipinski definition) is 3. The highest BCUT2D eigenvalue weighted by Gasteiger charge is 2.26. The second kappa shape index (κ2) is 8.25. The Hall–Kier alpha value is -2.82. The molecule has 0 bridgehead atoms. The lowest BCUT2D eigenvalue weighted by Gasteiger charge is -2.29. The smallest absolute Gasteiger partial charge is 0.335 e.